The lowest BCUT2D eigenvalue weighted by Crippen LogP contribution is -2.29. The molecule has 9 heteroatoms. The Hall–Kier alpha value is -1.74. The molecule has 0 saturated carbocycles. The summed E-state index contributed by atoms with van der Waals surface area (Å²) in [6.45, 7) is 3.73. The van der Waals surface area contributed by atoms with Gasteiger partial charge in [-0.3, -0.25) is 10.1 Å². The number of nitrogens with zero attached hydrogens (tertiary/aromatic N) is 2. The van der Waals surface area contributed by atoms with Crippen molar-refractivity contribution in [2.75, 3.05) is 24.2 Å². The molecule has 106 valence electrons. The molecule has 0 aliphatic carbocycles. The van der Waals surface area contributed by atoms with Crippen molar-refractivity contribution in [3.05, 3.63) is 27.9 Å². The average molecular weight is 288 g/mol. The molecule has 0 amide bonds. The monoisotopic (exact) mass is 288 g/mol. The van der Waals surface area contributed by atoms with Crippen molar-refractivity contribution in [2.45, 2.75) is 13.8 Å². The fraction of sp³-hybridized carbons (Fsp3) is 0.500. The Morgan fingerprint density at radius 3 is 2.74 bits per heavy atom. The van der Waals surface area contributed by atoms with E-state index >= 15 is 0 Å². The van der Waals surface area contributed by atoms with E-state index in [4.69, 9.17) is 0 Å². The lowest BCUT2D eigenvalue weighted by atomic mass is 10.3. The highest BCUT2D eigenvalue weighted by atomic mass is 32.2. The van der Waals surface area contributed by atoms with E-state index in [0.717, 1.165) is 0 Å². The topological polar surface area (TPSA) is 114 Å². The third kappa shape index (κ3) is 4.79. The Bertz CT molecular complexity index is 559. The van der Waals surface area contributed by atoms with Crippen LogP contribution in [0, 0.1) is 17.0 Å². The maximum Gasteiger partial charge on any atom is 0.311 e. The van der Waals surface area contributed by atoms with Crippen LogP contribution in [0.2, 0.25) is 0 Å². The van der Waals surface area contributed by atoms with Crippen molar-refractivity contribution in [1.82, 2.24) is 9.71 Å². The predicted molar refractivity (Wildman–Crippen MR) is 71.6 cm³/mol. The normalized spacial score (nSPS) is 11.3. The van der Waals surface area contributed by atoms with Gasteiger partial charge in [-0.15, -0.1) is 0 Å². The van der Waals surface area contributed by atoms with Crippen molar-refractivity contribution in [1.29, 1.82) is 0 Å². The first-order chi connectivity index (χ1) is 8.85. The standard InChI is InChI=1S/C10H16N4O4S/c1-3-13-19(17,18)5-4-11-10-9(14(15)16)6-8(2)7-12-10/h6-7,13H,3-5H2,1-2H3,(H,11,12). The number of aryl methyl sites for hydroxylation is 1. The largest absolute Gasteiger partial charge is 0.363 e. The number of sulfonamides is 1. The molecule has 0 radical (unpaired) electrons. The highest BCUT2D eigenvalue weighted by Crippen LogP contribution is 2.21. The van der Waals surface area contributed by atoms with E-state index < -0.39 is 14.9 Å². The minimum atomic E-state index is -3.35. The van der Waals surface area contributed by atoms with E-state index in [0.29, 0.717) is 12.1 Å². The van der Waals surface area contributed by atoms with Gasteiger partial charge < -0.3 is 5.32 Å². The SMILES string of the molecule is CCNS(=O)(=O)CCNc1ncc(C)cc1[N+](=O)[O-]. The number of hydrogen-bond donors (Lipinski definition) is 2. The minimum absolute atomic E-state index is 0.0479. The number of anilines is 1. The summed E-state index contributed by atoms with van der Waals surface area (Å²) in [6, 6.07) is 1.38. The second-order valence-electron chi connectivity index (χ2n) is 3.88. The Morgan fingerprint density at radius 1 is 1.47 bits per heavy atom. The summed E-state index contributed by atoms with van der Waals surface area (Å²) in [5.74, 6) is -0.101. The molecule has 0 spiro atoms. The molecule has 19 heavy (non-hydrogen) atoms. The van der Waals surface area contributed by atoms with Crippen LogP contribution in [0.3, 0.4) is 0 Å². The summed E-state index contributed by atoms with van der Waals surface area (Å²) in [5.41, 5.74) is 0.498. The average Bonchev–Trinajstić information content (AvgIpc) is 2.30. The minimum Gasteiger partial charge on any atom is -0.363 e. The van der Waals surface area contributed by atoms with Gasteiger partial charge in [0.1, 0.15) is 0 Å². The molecule has 0 aliphatic rings. The molecule has 8 nitrogen and oxygen atoms in total. The third-order valence-electron chi connectivity index (χ3n) is 2.23. The molecule has 0 bridgehead atoms. The molecule has 1 rings (SSSR count). The van der Waals surface area contributed by atoms with Crippen molar-refractivity contribution in [2.24, 2.45) is 0 Å². The van der Waals surface area contributed by atoms with Crippen LogP contribution in [-0.2, 0) is 10.0 Å². The van der Waals surface area contributed by atoms with E-state index in [2.05, 4.69) is 15.0 Å². The summed E-state index contributed by atoms with van der Waals surface area (Å²) in [4.78, 5) is 14.2. The molecule has 0 unspecified atom stereocenters. The van der Waals surface area contributed by atoms with Crippen molar-refractivity contribution in [3.63, 3.8) is 0 Å². The number of aromatic nitrogens is 1. The van der Waals surface area contributed by atoms with Crippen LogP contribution in [0.15, 0.2) is 12.3 Å². The Kier molecular flexibility index (Phi) is 5.19. The molecule has 1 aromatic heterocycles. The maximum absolute atomic E-state index is 11.4. The fourth-order valence-electron chi connectivity index (χ4n) is 1.43. The first kappa shape index (κ1) is 15.3. The van der Waals surface area contributed by atoms with E-state index in [1.807, 2.05) is 0 Å². The smallest absolute Gasteiger partial charge is 0.311 e. The Morgan fingerprint density at radius 2 is 2.16 bits per heavy atom. The van der Waals surface area contributed by atoms with E-state index in [-0.39, 0.29) is 23.8 Å². The molecule has 1 heterocycles. The molecule has 0 saturated heterocycles. The molecular formula is C10H16N4O4S. The second-order valence-corrected chi connectivity index (χ2v) is 5.81. The van der Waals surface area contributed by atoms with Crippen LogP contribution >= 0.6 is 0 Å². The molecule has 0 aliphatic heterocycles. The molecule has 0 atom stereocenters. The second kappa shape index (κ2) is 6.43. The van der Waals surface area contributed by atoms with E-state index in [1.165, 1.54) is 12.3 Å². The number of nitrogens with one attached hydrogen (secondary N) is 2. The highest BCUT2D eigenvalue weighted by molar-refractivity contribution is 7.89. The number of pyridine rings is 1. The van der Waals surface area contributed by atoms with Gasteiger partial charge in [-0.25, -0.2) is 18.1 Å². The predicted octanol–water partition coefficient (Wildman–Crippen LogP) is 0.649. The van der Waals surface area contributed by atoms with E-state index in [9.17, 15) is 18.5 Å². The lowest BCUT2D eigenvalue weighted by molar-refractivity contribution is -0.384. The summed E-state index contributed by atoms with van der Waals surface area (Å²) >= 11 is 0. The van der Waals surface area contributed by atoms with Crippen molar-refractivity contribution >= 4 is 21.5 Å². The van der Waals surface area contributed by atoms with Gasteiger partial charge in [-0.1, -0.05) is 6.92 Å². The van der Waals surface area contributed by atoms with Gasteiger partial charge in [-0.2, -0.15) is 0 Å². The third-order valence-corrected chi connectivity index (χ3v) is 3.70. The van der Waals surface area contributed by atoms with Gasteiger partial charge in [0.05, 0.1) is 10.7 Å². The van der Waals surface area contributed by atoms with Gasteiger partial charge in [0, 0.05) is 25.4 Å². The first-order valence-corrected chi connectivity index (χ1v) is 7.33. The molecule has 0 fully saturated rings. The zero-order chi connectivity index (χ0) is 14.5. The van der Waals surface area contributed by atoms with Gasteiger partial charge >= 0.3 is 5.69 Å². The summed E-state index contributed by atoms with van der Waals surface area (Å²) in [5, 5.41) is 13.5. The quantitative estimate of drug-likeness (QED) is 0.562. The zero-order valence-electron chi connectivity index (χ0n) is 10.7. The molecule has 0 aromatic carbocycles. The van der Waals surface area contributed by atoms with E-state index in [1.54, 1.807) is 13.8 Å². The van der Waals surface area contributed by atoms with Crippen LogP contribution in [0.5, 0.6) is 0 Å². The highest BCUT2D eigenvalue weighted by Gasteiger charge is 2.16. The summed E-state index contributed by atoms with van der Waals surface area (Å²) < 4.78 is 25.1. The fourth-order valence-corrected chi connectivity index (χ4v) is 2.38. The van der Waals surface area contributed by atoms with Crippen LogP contribution < -0.4 is 10.0 Å². The van der Waals surface area contributed by atoms with Crippen molar-refractivity contribution < 1.29 is 13.3 Å². The van der Waals surface area contributed by atoms with Gasteiger partial charge in [-0.05, 0) is 12.5 Å². The Labute approximate surface area is 111 Å². The van der Waals surface area contributed by atoms with Crippen LogP contribution in [0.25, 0.3) is 0 Å². The van der Waals surface area contributed by atoms with Crippen molar-refractivity contribution in [3.8, 4) is 0 Å². The number of rotatable bonds is 7. The molecule has 2 N–H and O–H groups in total. The van der Waals surface area contributed by atoms with Gasteiger partial charge in [0.15, 0.2) is 0 Å². The zero-order valence-corrected chi connectivity index (χ0v) is 11.5. The summed E-state index contributed by atoms with van der Waals surface area (Å²) in [7, 11) is -3.35. The van der Waals surface area contributed by atoms with Crippen LogP contribution in [0.4, 0.5) is 11.5 Å². The van der Waals surface area contributed by atoms with Gasteiger partial charge in [0.25, 0.3) is 0 Å². The first-order valence-electron chi connectivity index (χ1n) is 5.68. The summed E-state index contributed by atoms with van der Waals surface area (Å²) in [6.07, 6.45) is 1.48. The Balaban J connectivity index is 2.71. The van der Waals surface area contributed by atoms with Gasteiger partial charge in [0.2, 0.25) is 15.8 Å². The lowest BCUT2D eigenvalue weighted by Gasteiger charge is -2.07. The molecular weight excluding hydrogens is 272 g/mol. The maximum atomic E-state index is 11.4. The van der Waals surface area contributed by atoms with Crippen LogP contribution in [-0.4, -0.2) is 37.2 Å². The number of nitro groups is 1. The molecule has 1 aromatic rings. The van der Waals surface area contributed by atoms with Crippen LogP contribution in [0.1, 0.15) is 12.5 Å². The number of hydrogen-bond acceptors (Lipinski definition) is 6.